The van der Waals surface area contributed by atoms with Crippen LogP contribution in [-0.4, -0.2) is 6.61 Å². The number of hydrogen-bond acceptors (Lipinski definition) is 1. The van der Waals surface area contributed by atoms with Gasteiger partial charge in [0.05, 0.1) is 12.7 Å². The van der Waals surface area contributed by atoms with Gasteiger partial charge in [-0.1, -0.05) is 36.4 Å². The van der Waals surface area contributed by atoms with Crippen LogP contribution in [0.3, 0.4) is 0 Å². The molecule has 1 fully saturated rings. The first-order chi connectivity index (χ1) is 6.40. The van der Waals surface area contributed by atoms with Gasteiger partial charge in [-0.05, 0) is 18.1 Å². The van der Waals surface area contributed by atoms with Gasteiger partial charge >= 0.3 is 0 Å². The van der Waals surface area contributed by atoms with Crippen molar-refractivity contribution in [2.24, 2.45) is 0 Å². The topological polar surface area (TPSA) is 9.23 Å². The number of ether oxygens (including phenoxy) is 1. The molecular weight excluding hydrogens is 160 g/mol. The Morgan fingerprint density at radius 2 is 2.08 bits per heavy atom. The van der Waals surface area contributed by atoms with Gasteiger partial charge in [0.15, 0.2) is 0 Å². The molecule has 0 N–H and O–H groups in total. The molecule has 0 radical (unpaired) electrons. The van der Waals surface area contributed by atoms with E-state index in [9.17, 15) is 0 Å². The quantitative estimate of drug-likeness (QED) is 0.594. The van der Waals surface area contributed by atoms with Gasteiger partial charge < -0.3 is 4.74 Å². The van der Waals surface area contributed by atoms with Crippen molar-refractivity contribution in [1.82, 2.24) is 0 Å². The largest absolute Gasteiger partial charge is 0.369 e. The van der Waals surface area contributed by atoms with Crippen LogP contribution in [0.2, 0.25) is 0 Å². The Morgan fingerprint density at radius 1 is 1.31 bits per heavy atom. The highest BCUT2D eigenvalue weighted by atomic mass is 16.5. The first-order valence-corrected chi connectivity index (χ1v) is 4.71. The highest BCUT2D eigenvalue weighted by molar-refractivity contribution is 5.22. The lowest BCUT2D eigenvalue weighted by atomic mass is 10.0. The van der Waals surface area contributed by atoms with Crippen molar-refractivity contribution in [3.05, 3.63) is 47.5 Å². The van der Waals surface area contributed by atoms with Crippen LogP contribution in [0.15, 0.2) is 42.0 Å². The van der Waals surface area contributed by atoms with E-state index in [1.165, 1.54) is 11.1 Å². The number of allylic oxidation sites excluding steroid dienone is 1. The second kappa shape index (κ2) is 3.75. The molecule has 1 aromatic carbocycles. The molecule has 2 rings (SSSR count). The summed E-state index contributed by atoms with van der Waals surface area (Å²) in [6, 6.07) is 10.4. The third-order valence-corrected chi connectivity index (χ3v) is 2.50. The lowest BCUT2D eigenvalue weighted by molar-refractivity contribution is 0.114. The molecule has 68 valence electrons. The molecule has 1 heteroatoms. The highest BCUT2D eigenvalue weighted by Crippen LogP contribution is 2.31. The summed E-state index contributed by atoms with van der Waals surface area (Å²) in [5.41, 5.74) is 2.70. The molecule has 1 saturated heterocycles. The molecule has 13 heavy (non-hydrogen) atoms. The first kappa shape index (κ1) is 8.52. The van der Waals surface area contributed by atoms with E-state index in [-0.39, 0.29) is 6.10 Å². The van der Waals surface area contributed by atoms with Gasteiger partial charge in [-0.3, -0.25) is 0 Å². The summed E-state index contributed by atoms with van der Waals surface area (Å²) >= 11 is 0. The van der Waals surface area contributed by atoms with E-state index < -0.39 is 0 Å². The number of rotatable bonds is 1. The van der Waals surface area contributed by atoms with Gasteiger partial charge in [-0.2, -0.15) is 0 Å². The van der Waals surface area contributed by atoms with E-state index in [4.69, 9.17) is 4.74 Å². The van der Waals surface area contributed by atoms with Gasteiger partial charge in [0.2, 0.25) is 0 Å². The lowest BCUT2D eigenvalue weighted by Gasteiger charge is -2.07. The zero-order valence-electron chi connectivity index (χ0n) is 7.86. The Hall–Kier alpha value is -1.08. The van der Waals surface area contributed by atoms with Crippen molar-refractivity contribution in [3.8, 4) is 0 Å². The molecule has 1 nitrogen and oxygen atoms in total. The summed E-state index contributed by atoms with van der Waals surface area (Å²) in [6.45, 7) is 2.88. The Labute approximate surface area is 79.0 Å². The fourth-order valence-corrected chi connectivity index (χ4v) is 1.65. The van der Waals surface area contributed by atoms with Crippen molar-refractivity contribution in [2.45, 2.75) is 19.4 Å². The summed E-state index contributed by atoms with van der Waals surface area (Å²) in [5, 5.41) is 0. The van der Waals surface area contributed by atoms with Crippen LogP contribution in [0.4, 0.5) is 0 Å². The summed E-state index contributed by atoms with van der Waals surface area (Å²) in [4.78, 5) is 0. The summed E-state index contributed by atoms with van der Waals surface area (Å²) in [6.07, 6.45) is 3.50. The molecule has 0 saturated carbocycles. The fourth-order valence-electron chi connectivity index (χ4n) is 1.65. The minimum Gasteiger partial charge on any atom is -0.369 e. The zero-order valence-corrected chi connectivity index (χ0v) is 7.86. The first-order valence-electron chi connectivity index (χ1n) is 4.71. The maximum atomic E-state index is 5.67. The van der Waals surface area contributed by atoms with Gasteiger partial charge in [0, 0.05) is 6.42 Å². The molecule has 0 aliphatic carbocycles. The minimum atomic E-state index is 0.285. The molecular formula is C12H14O. The predicted molar refractivity (Wildman–Crippen MR) is 53.5 cm³/mol. The number of hydrogen-bond donors (Lipinski definition) is 0. The second-order valence-corrected chi connectivity index (χ2v) is 3.36. The van der Waals surface area contributed by atoms with Gasteiger partial charge in [-0.15, -0.1) is 0 Å². The van der Waals surface area contributed by atoms with Crippen molar-refractivity contribution < 1.29 is 4.74 Å². The monoisotopic (exact) mass is 174 g/mol. The van der Waals surface area contributed by atoms with Crippen LogP contribution >= 0.6 is 0 Å². The van der Waals surface area contributed by atoms with E-state index in [2.05, 4.69) is 37.3 Å². The van der Waals surface area contributed by atoms with E-state index in [0.29, 0.717) is 0 Å². The average Bonchev–Trinajstić information content (AvgIpc) is 2.67. The SMILES string of the molecule is C/C=C1\COC(c2ccccc2)C1. The van der Waals surface area contributed by atoms with Gasteiger partial charge in [0.1, 0.15) is 0 Å². The third kappa shape index (κ3) is 1.81. The van der Waals surface area contributed by atoms with E-state index in [1.54, 1.807) is 0 Å². The minimum absolute atomic E-state index is 0.285. The van der Waals surface area contributed by atoms with Gasteiger partial charge in [0.25, 0.3) is 0 Å². The molecule has 1 aliphatic rings. The van der Waals surface area contributed by atoms with Crippen LogP contribution in [0.25, 0.3) is 0 Å². The smallest absolute Gasteiger partial charge is 0.0867 e. The maximum absolute atomic E-state index is 5.67. The summed E-state index contributed by atoms with van der Waals surface area (Å²) in [7, 11) is 0. The Balaban J connectivity index is 2.13. The van der Waals surface area contributed by atoms with Crippen molar-refractivity contribution in [2.75, 3.05) is 6.61 Å². The van der Waals surface area contributed by atoms with Crippen LogP contribution in [0, 0.1) is 0 Å². The zero-order chi connectivity index (χ0) is 9.10. The molecule has 1 atom stereocenters. The molecule has 1 unspecified atom stereocenters. The predicted octanol–water partition coefficient (Wildman–Crippen LogP) is 3.09. The van der Waals surface area contributed by atoms with E-state index in [0.717, 1.165) is 13.0 Å². The normalized spacial score (nSPS) is 25.3. The van der Waals surface area contributed by atoms with Crippen LogP contribution in [0.1, 0.15) is 25.0 Å². The fraction of sp³-hybridized carbons (Fsp3) is 0.333. The average molecular weight is 174 g/mol. The summed E-state index contributed by atoms with van der Waals surface area (Å²) < 4.78 is 5.67. The Morgan fingerprint density at radius 3 is 2.69 bits per heavy atom. The molecule has 0 aromatic heterocycles. The van der Waals surface area contributed by atoms with Gasteiger partial charge in [-0.25, -0.2) is 0 Å². The highest BCUT2D eigenvalue weighted by Gasteiger charge is 2.20. The van der Waals surface area contributed by atoms with Crippen molar-refractivity contribution in [1.29, 1.82) is 0 Å². The molecule has 1 aromatic rings. The van der Waals surface area contributed by atoms with Crippen LogP contribution in [0.5, 0.6) is 0 Å². The third-order valence-electron chi connectivity index (χ3n) is 2.50. The van der Waals surface area contributed by atoms with E-state index in [1.807, 2.05) is 6.07 Å². The van der Waals surface area contributed by atoms with E-state index >= 15 is 0 Å². The standard InChI is InChI=1S/C12H14O/c1-2-10-8-12(13-9-10)11-6-4-3-5-7-11/h2-7,12H,8-9H2,1H3/b10-2-. The lowest BCUT2D eigenvalue weighted by Crippen LogP contribution is -1.93. The van der Waals surface area contributed by atoms with Crippen molar-refractivity contribution >= 4 is 0 Å². The summed E-state index contributed by atoms with van der Waals surface area (Å²) in [5.74, 6) is 0. The van der Waals surface area contributed by atoms with Crippen molar-refractivity contribution in [3.63, 3.8) is 0 Å². The number of benzene rings is 1. The Kier molecular flexibility index (Phi) is 2.46. The maximum Gasteiger partial charge on any atom is 0.0867 e. The van der Waals surface area contributed by atoms with Crippen LogP contribution < -0.4 is 0 Å². The Bertz CT molecular complexity index is 300. The molecule has 0 amide bonds. The molecule has 0 spiro atoms. The molecule has 0 bridgehead atoms. The molecule has 1 aliphatic heterocycles. The second-order valence-electron chi connectivity index (χ2n) is 3.36. The van der Waals surface area contributed by atoms with Crippen LogP contribution in [-0.2, 0) is 4.74 Å². The molecule has 1 heterocycles.